The first kappa shape index (κ1) is 24.1. The van der Waals surface area contributed by atoms with Crippen LogP contribution in [0, 0.1) is 5.82 Å². The molecule has 1 unspecified atom stereocenters. The molecule has 0 saturated heterocycles. The number of carbonyl (C=O) groups excluding carboxylic acids is 2. The van der Waals surface area contributed by atoms with Crippen LogP contribution in [0.25, 0.3) is 6.08 Å². The predicted octanol–water partition coefficient (Wildman–Crippen LogP) is 2.94. The van der Waals surface area contributed by atoms with E-state index in [0.717, 1.165) is 11.3 Å². The predicted molar refractivity (Wildman–Crippen MR) is 120 cm³/mol. The summed E-state index contributed by atoms with van der Waals surface area (Å²) < 4.78 is 19.2. The number of nitrogens with zero attached hydrogens (tertiary/aromatic N) is 2. The molecule has 166 valence electrons. The van der Waals surface area contributed by atoms with Crippen molar-refractivity contribution in [3.8, 4) is 5.75 Å². The molecule has 2 rings (SSSR count). The molecule has 0 aliphatic carbocycles. The molecular weight excluding hydrogens is 397 g/mol. The molecule has 0 radical (unpaired) electrons. The molecular formula is C24H30FN3O3. The standard InChI is InChI=1S/C24H30FN3O3/c1-18(26-23(29)14-11-19-9-12-21(31-4)13-10-19)24(30)28(16-15-27(2)3)17-20-7-5-6-8-22(20)25/h5-14,18H,15-17H2,1-4H3,(H,26,29)/b14-11+. The molecule has 6 nitrogen and oxygen atoms in total. The second-order valence-electron chi connectivity index (χ2n) is 7.49. The van der Waals surface area contributed by atoms with Crippen LogP contribution in [0.1, 0.15) is 18.1 Å². The van der Waals surface area contributed by atoms with E-state index < -0.39 is 6.04 Å². The average Bonchev–Trinajstić information content (AvgIpc) is 2.76. The molecule has 31 heavy (non-hydrogen) atoms. The lowest BCUT2D eigenvalue weighted by Crippen LogP contribution is -2.48. The number of ether oxygens (including phenoxy) is 1. The van der Waals surface area contributed by atoms with Crippen molar-refractivity contribution in [2.24, 2.45) is 0 Å². The number of hydrogen-bond acceptors (Lipinski definition) is 4. The Labute approximate surface area is 183 Å². The summed E-state index contributed by atoms with van der Waals surface area (Å²) in [5.41, 5.74) is 1.27. The van der Waals surface area contributed by atoms with E-state index in [4.69, 9.17) is 4.74 Å². The molecule has 0 aliphatic rings. The number of halogens is 1. The minimum Gasteiger partial charge on any atom is -0.497 e. The average molecular weight is 428 g/mol. The number of hydrogen-bond donors (Lipinski definition) is 1. The van der Waals surface area contributed by atoms with Gasteiger partial charge in [0, 0.05) is 31.3 Å². The summed E-state index contributed by atoms with van der Waals surface area (Å²) in [4.78, 5) is 28.8. The number of rotatable bonds is 10. The van der Waals surface area contributed by atoms with E-state index >= 15 is 0 Å². The topological polar surface area (TPSA) is 61.9 Å². The fourth-order valence-corrected chi connectivity index (χ4v) is 2.90. The van der Waals surface area contributed by atoms with E-state index in [-0.39, 0.29) is 24.2 Å². The van der Waals surface area contributed by atoms with Crippen molar-refractivity contribution in [1.29, 1.82) is 0 Å². The number of benzene rings is 2. The fourth-order valence-electron chi connectivity index (χ4n) is 2.90. The normalized spacial score (nSPS) is 12.1. The third-order valence-corrected chi connectivity index (χ3v) is 4.72. The van der Waals surface area contributed by atoms with Crippen LogP contribution in [0.5, 0.6) is 5.75 Å². The zero-order valence-corrected chi connectivity index (χ0v) is 18.5. The molecule has 1 N–H and O–H groups in total. The summed E-state index contributed by atoms with van der Waals surface area (Å²) >= 11 is 0. The van der Waals surface area contributed by atoms with Crippen LogP contribution in [-0.4, -0.2) is 62.0 Å². The molecule has 0 aromatic heterocycles. The largest absolute Gasteiger partial charge is 0.497 e. The van der Waals surface area contributed by atoms with Gasteiger partial charge in [-0.3, -0.25) is 9.59 Å². The molecule has 1 atom stereocenters. The van der Waals surface area contributed by atoms with E-state index in [0.29, 0.717) is 18.7 Å². The molecule has 0 aliphatic heterocycles. The highest BCUT2D eigenvalue weighted by molar-refractivity contribution is 5.95. The zero-order valence-electron chi connectivity index (χ0n) is 18.5. The first-order valence-corrected chi connectivity index (χ1v) is 10.1. The lowest BCUT2D eigenvalue weighted by Gasteiger charge is -2.27. The van der Waals surface area contributed by atoms with Crippen molar-refractivity contribution in [2.75, 3.05) is 34.3 Å². The van der Waals surface area contributed by atoms with Gasteiger partial charge in [0.2, 0.25) is 11.8 Å². The van der Waals surface area contributed by atoms with Crippen LogP contribution in [-0.2, 0) is 16.1 Å². The highest BCUT2D eigenvalue weighted by atomic mass is 19.1. The summed E-state index contributed by atoms with van der Waals surface area (Å²) in [5, 5.41) is 2.69. The van der Waals surface area contributed by atoms with Gasteiger partial charge in [-0.15, -0.1) is 0 Å². The highest BCUT2D eigenvalue weighted by Crippen LogP contribution is 2.13. The van der Waals surface area contributed by atoms with Gasteiger partial charge < -0.3 is 19.9 Å². The molecule has 0 spiro atoms. The summed E-state index contributed by atoms with van der Waals surface area (Å²) in [5.74, 6) is -0.274. The Kier molecular flexibility index (Phi) is 9.21. The molecule has 2 aromatic carbocycles. The molecule has 2 amide bonds. The van der Waals surface area contributed by atoms with Gasteiger partial charge in [-0.25, -0.2) is 4.39 Å². The second kappa shape index (κ2) is 11.9. The Morgan fingerprint density at radius 3 is 2.39 bits per heavy atom. The maximum Gasteiger partial charge on any atom is 0.245 e. The maximum absolute atomic E-state index is 14.1. The number of carbonyl (C=O) groups is 2. The van der Waals surface area contributed by atoms with Gasteiger partial charge >= 0.3 is 0 Å². The summed E-state index contributed by atoms with van der Waals surface area (Å²) in [6, 6.07) is 12.9. The molecule has 0 heterocycles. The Bertz CT molecular complexity index is 897. The van der Waals surface area contributed by atoms with Gasteiger partial charge in [0.05, 0.1) is 7.11 Å². The van der Waals surface area contributed by atoms with Gasteiger partial charge in [-0.05, 0) is 50.9 Å². The minimum atomic E-state index is -0.748. The van der Waals surface area contributed by atoms with Crippen molar-refractivity contribution in [1.82, 2.24) is 15.1 Å². The van der Waals surface area contributed by atoms with Crippen LogP contribution < -0.4 is 10.1 Å². The van der Waals surface area contributed by atoms with Crippen LogP contribution in [0.2, 0.25) is 0 Å². The van der Waals surface area contributed by atoms with Crippen molar-refractivity contribution < 1.29 is 18.7 Å². The molecule has 0 bridgehead atoms. The maximum atomic E-state index is 14.1. The van der Waals surface area contributed by atoms with Gasteiger partial charge in [-0.1, -0.05) is 30.3 Å². The molecule has 0 fully saturated rings. The smallest absolute Gasteiger partial charge is 0.245 e. The van der Waals surface area contributed by atoms with Crippen molar-refractivity contribution in [3.63, 3.8) is 0 Å². The van der Waals surface area contributed by atoms with Crippen LogP contribution >= 0.6 is 0 Å². The van der Waals surface area contributed by atoms with Crippen LogP contribution in [0.3, 0.4) is 0 Å². The number of nitrogens with one attached hydrogen (secondary N) is 1. The van der Waals surface area contributed by atoms with Crippen molar-refractivity contribution in [3.05, 3.63) is 71.6 Å². The fraction of sp³-hybridized carbons (Fsp3) is 0.333. The Morgan fingerprint density at radius 1 is 1.10 bits per heavy atom. The van der Waals surface area contributed by atoms with Gasteiger partial charge in [-0.2, -0.15) is 0 Å². The number of methoxy groups -OCH3 is 1. The Hall–Kier alpha value is -3.19. The highest BCUT2D eigenvalue weighted by Gasteiger charge is 2.22. The summed E-state index contributed by atoms with van der Waals surface area (Å²) in [7, 11) is 5.40. The summed E-state index contributed by atoms with van der Waals surface area (Å²) in [6.07, 6.45) is 3.04. The first-order chi connectivity index (χ1) is 14.8. The van der Waals surface area contributed by atoms with Gasteiger partial charge in [0.1, 0.15) is 17.6 Å². The van der Waals surface area contributed by atoms with Gasteiger partial charge in [0.15, 0.2) is 0 Å². The SMILES string of the molecule is COc1ccc(/C=C/C(=O)NC(C)C(=O)N(CCN(C)C)Cc2ccccc2F)cc1. The lowest BCUT2D eigenvalue weighted by molar-refractivity contribution is -0.135. The first-order valence-electron chi connectivity index (χ1n) is 10.1. The summed E-state index contributed by atoms with van der Waals surface area (Å²) in [6.45, 7) is 2.81. The van der Waals surface area contributed by atoms with Gasteiger partial charge in [0.25, 0.3) is 0 Å². The number of likely N-dealkylation sites (N-methyl/N-ethyl adjacent to an activating group) is 1. The zero-order chi connectivity index (χ0) is 22.8. The van der Waals surface area contributed by atoms with E-state index in [1.807, 2.05) is 31.1 Å². The van der Waals surface area contributed by atoms with E-state index in [9.17, 15) is 14.0 Å². The third-order valence-electron chi connectivity index (χ3n) is 4.72. The second-order valence-corrected chi connectivity index (χ2v) is 7.49. The van der Waals surface area contributed by atoms with E-state index in [2.05, 4.69) is 5.32 Å². The van der Waals surface area contributed by atoms with Crippen LogP contribution in [0.15, 0.2) is 54.6 Å². The molecule has 7 heteroatoms. The van der Waals surface area contributed by atoms with Crippen molar-refractivity contribution in [2.45, 2.75) is 19.5 Å². The number of amides is 2. The van der Waals surface area contributed by atoms with Crippen LogP contribution in [0.4, 0.5) is 4.39 Å². The lowest BCUT2D eigenvalue weighted by atomic mass is 10.1. The Morgan fingerprint density at radius 2 is 1.77 bits per heavy atom. The molecule has 0 saturated carbocycles. The monoisotopic (exact) mass is 427 g/mol. The van der Waals surface area contributed by atoms with E-state index in [1.165, 1.54) is 12.1 Å². The molecule has 2 aromatic rings. The van der Waals surface area contributed by atoms with E-state index in [1.54, 1.807) is 55.3 Å². The third kappa shape index (κ3) is 7.86. The Balaban J connectivity index is 2.02. The minimum absolute atomic E-state index is 0.140. The van der Waals surface area contributed by atoms with Crippen molar-refractivity contribution >= 4 is 17.9 Å². The quantitative estimate of drug-likeness (QED) is 0.593.